The van der Waals surface area contributed by atoms with E-state index in [0.717, 1.165) is 6.07 Å². The van der Waals surface area contributed by atoms with Gasteiger partial charge in [0.25, 0.3) is 0 Å². The van der Waals surface area contributed by atoms with Crippen molar-refractivity contribution in [2.24, 2.45) is 5.92 Å². The molecule has 0 saturated carbocycles. The molecular formula is C12H10BrClFNO3. The smallest absolute Gasteiger partial charge is 0.311 e. The summed E-state index contributed by atoms with van der Waals surface area (Å²) in [5.74, 6) is -1.98. The number of methoxy groups -OCH3 is 1. The van der Waals surface area contributed by atoms with Crippen LogP contribution in [0.5, 0.6) is 0 Å². The van der Waals surface area contributed by atoms with Crippen molar-refractivity contribution in [3.63, 3.8) is 0 Å². The summed E-state index contributed by atoms with van der Waals surface area (Å²) in [7, 11) is 1.26. The van der Waals surface area contributed by atoms with E-state index in [2.05, 4.69) is 20.7 Å². The first kappa shape index (κ1) is 14.3. The van der Waals surface area contributed by atoms with Gasteiger partial charge in [0, 0.05) is 22.5 Å². The molecule has 0 N–H and O–H groups in total. The first-order valence-corrected chi connectivity index (χ1v) is 6.64. The first-order chi connectivity index (χ1) is 8.93. The van der Waals surface area contributed by atoms with Crippen LogP contribution in [-0.2, 0) is 14.3 Å². The van der Waals surface area contributed by atoms with E-state index in [4.69, 9.17) is 11.6 Å². The van der Waals surface area contributed by atoms with Crippen LogP contribution in [0.3, 0.4) is 0 Å². The third-order valence-corrected chi connectivity index (χ3v) is 3.73. The molecule has 0 aromatic heterocycles. The van der Waals surface area contributed by atoms with E-state index in [-0.39, 0.29) is 29.6 Å². The lowest BCUT2D eigenvalue weighted by atomic mass is 10.1. The van der Waals surface area contributed by atoms with Gasteiger partial charge in [0.05, 0.1) is 18.7 Å². The van der Waals surface area contributed by atoms with E-state index in [1.165, 1.54) is 18.1 Å². The van der Waals surface area contributed by atoms with Crippen LogP contribution in [0.15, 0.2) is 16.6 Å². The zero-order valence-electron chi connectivity index (χ0n) is 9.95. The van der Waals surface area contributed by atoms with Crippen LogP contribution in [0.4, 0.5) is 10.1 Å². The topological polar surface area (TPSA) is 46.6 Å². The van der Waals surface area contributed by atoms with E-state index >= 15 is 0 Å². The van der Waals surface area contributed by atoms with Crippen LogP contribution in [0.1, 0.15) is 6.42 Å². The normalized spacial score (nSPS) is 18.8. The minimum atomic E-state index is -0.613. The molecule has 0 radical (unpaired) electrons. The number of carbonyl (C=O) groups is 2. The first-order valence-electron chi connectivity index (χ1n) is 5.46. The maximum absolute atomic E-state index is 13.9. The molecule has 2 rings (SSSR count). The van der Waals surface area contributed by atoms with Gasteiger partial charge in [0.2, 0.25) is 5.91 Å². The van der Waals surface area contributed by atoms with Crippen LogP contribution in [0.2, 0.25) is 5.02 Å². The van der Waals surface area contributed by atoms with Crippen LogP contribution in [-0.4, -0.2) is 25.5 Å². The summed E-state index contributed by atoms with van der Waals surface area (Å²) in [5, 5.41) is 0.226. The number of carbonyl (C=O) groups excluding carboxylic acids is 2. The Morgan fingerprint density at radius 3 is 2.84 bits per heavy atom. The van der Waals surface area contributed by atoms with E-state index in [1.54, 1.807) is 0 Å². The number of ether oxygens (including phenoxy) is 1. The minimum absolute atomic E-state index is 0.0151. The highest BCUT2D eigenvalue weighted by Gasteiger charge is 2.37. The molecule has 4 nitrogen and oxygen atoms in total. The number of halogens is 3. The van der Waals surface area contributed by atoms with Crippen molar-refractivity contribution in [3.8, 4) is 0 Å². The average Bonchev–Trinajstić information content (AvgIpc) is 2.69. The molecule has 1 aliphatic heterocycles. The number of nitrogens with zero attached hydrogens (tertiary/aromatic N) is 1. The second-order valence-electron chi connectivity index (χ2n) is 4.15. The van der Waals surface area contributed by atoms with Crippen molar-refractivity contribution in [2.45, 2.75) is 6.42 Å². The van der Waals surface area contributed by atoms with Gasteiger partial charge >= 0.3 is 5.97 Å². The van der Waals surface area contributed by atoms with Crippen molar-refractivity contribution in [2.75, 3.05) is 18.6 Å². The average molecular weight is 351 g/mol. The van der Waals surface area contributed by atoms with E-state index in [0.29, 0.717) is 4.47 Å². The van der Waals surface area contributed by atoms with E-state index in [1.807, 2.05) is 0 Å². The van der Waals surface area contributed by atoms with Gasteiger partial charge in [0.15, 0.2) is 0 Å². The molecule has 1 saturated heterocycles. The lowest BCUT2D eigenvalue weighted by Gasteiger charge is -2.19. The Morgan fingerprint density at radius 1 is 1.58 bits per heavy atom. The molecule has 0 bridgehead atoms. The van der Waals surface area contributed by atoms with Crippen molar-refractivity contribution >= 4 is 45.1 Å². The van der Waals surface area contributed by atoms with Crippen molar-refractivity contribution < 1.29 is 18.7 Å². The molecular weight excluding hydrogens is 340 g/mol. The highest BCUT2D eigenvalue weighted by Crippen LogP contribution is 2.36. The number of hydrogen-bond donors (Lipinski definition) is 0. The molecule has 1 fully saturated rings. The second kappa shape index (κ2) is 5.46. The third kappa shape index (κ3) is 2.74. The van der Waals surface area contributed by atoms with Gasteiger partial charge in [0.1, 0.15) is 5.82 Å². The molecule has 1 unspecified atom stereocenters. The second-order valence-corrected chi connectivity index (χ2v) is 5.44. The molecule has 1 aromatic carbocycles. The standard InChI is InChI=1S/C12H10BrClFNO3/c1-19-12(18)6-2-10(17)16(5-6)11-8(13)3-7(14)4-9(11)15/h3-4,6H,2,5H2,1H3. The number of hydrogen-bond acceptors (Lipinski definition) is 3. The van der Waals surface area contributed by atoms with Gasteiger partial charge in [-0.3, -0.25) is 9.59 Å². The number of esters is 1. The SMILES string of the molecule is COC(=O)C1CC(=O)N(c2c(F)cc(Cl)cc2Br)C1. The summed E-state index contributed by atoms with van der Waals surface area (Å²) in [6.07, 6.45) is 0.0151. The zero-order chi connectivity index (χ0) is 14.2. The molecule has 1 aliphatic rings. The maximum Gasteiger partial charge on any atom is 0.311 e. The summed E-state index contributed by atoms with van der Waals surface area (Å²) < 4.78 is 18.9. The predicted molar refractivity (Wildman–Crippen MR) is 71.6 cm³/mol. The zero-order valence-corrected chi connectivity index (χ0v) is 12.3. The van der Waals surface area contributed by atoms with Gasteiger partial charge < -0.3 is 9.64 Å². The highest BCUT2D eigenvalue weighted by molar-refractivity contribution is 9.10. The van der Waals surface area contributed by atoms with Crippen LogP contribution >= 0.6 is 27.5 Å². The highest BCUT2D eigenvalue weighted by atomic mass is 79.9. The van der Waals surface area contributed by atoms with Crippen LogP contribution in [0.25, 0.3) is 0 Å². The summed E-state index contributed by atoms with van der Waals surface area (Å²) in [5.41, 5.74) is 0.0980. The van der Waals surface area contributed by atoms with Crippen molar-refractivity contribution in [3.05, 3.63) is 27.4 Å². The third-order valence-electron chi connectivity index (χ3n) is 2.91. The molecule has 1 atom stereocenters. The Morgan fingerprint density at radius 2 is 2.26 bits per heavy atom. The molecule has 0 spiro atoms. The molecule has 19 heavy (non-hydrogen) atoms. The molecule has 1 aromatic rings. The van der Waals surface area contributed by atoms with Gasteiger partial charge in [-0.2, -0.15) is 0 Å². The van der Waals surface area contributed by atoms with Crippen LogP contribution in [0, 0.1) is 11.7 Å². The van der Waals surface area contributed by atoms with Gasteiger partial charge in [-0.15, -0.1) is 0 Å². The summed E-state index contributed by atoms with van der Waals surface area (Å²) in [6, 6.07) is 2.62. The van der Waals surface area contributed by atoms with Crippen LogP contribution < -0.4 is 4.90 Å². The van der Waals surface area contributed by atoms with E-state index < -0.39 is 17.7 Å². The molecule has 1 heterocycles. The Kier molecular flexibility index (Phi) is 4.10. The summed E-state index contributed by atoms with van der Waals surface area (Å²) >= 11 is 8.89. The minimum Gasteiger partial charge on any atom is -0.469 e. The number of anilines is 1. The molecule has 7 heteroatoms. The van der Waals surface area contributed by atoms with Crippen molar-refractivity contribution in [1.29, 1.82) is 0 Å². The Hall–Kier alpha value is -1.14. The Balaban J connectivity index is 2.33. The monoisotopic (exact) mass is 349 g/mol. The Labute approximate surface area is 122 Å². The molecule has 1 amide bonds. The van der Waals surface area contributed by atoms with Gasteiger partial charge in [-0.25, -0.2) is 4.39 Å². The number of rotatable bonds is 2. The lowest BCUT2D eigenvalue weighted by Crippen LogP contribution is -2.27. The number of benzene rings is 1. The van der Waals surface area contributed by atoms with Gasteiger partial charge in [-0.05, 0) is 28.1 Å². The lowest BCUT2D eigenvalue weighted by molar-refractivity contribution is -0.145. The largest absolute Gasteiger partial charge is 0.469 e. The maximum atomic E-state index is 13.9. The summed E-state index contributed by atoms with van der Waals surface area (Å²) in [4.78, 5) is 24.6. The molecule has 0 aliphatic carbocycles. The fourth-order valence-electron chi connectivity index (χ4n) is 2.04. The fourth-order valence-corrected chi connectivity index (χ4v) is 3.03. The molecule has 102 valence electrons. The fraction of sp³-hybridized carbons (Fsp3) is 0.333. The number of amides is 1. The Bertz CT molecular complexity index is 529. The van der Waals surface area contributed by atoms with Gasteiger partial charge in [-0.1, -0.05) is 11.6 Å². The van der Waals surface area contributed by atoms with Crippen molar-refractivity contribution in [1.82, 2.24) is 0 Å². The predicted octanol–water partition coefficient (Wildman–Crippen LogP) is 2.77. The van der Waals surface area contributed by atoms with E-state index in [9.17, 15) is 14.0 Å². The quantitative estimate of drug-likeness (QED) is 0.771. The summed E-state index contributed by atoms with van der Waals surface area (Å²) in [6.45, 7) is 0.0999.